The summed E-state index contributed by atoms with van der Waals surface area (Å²) in [5.74, 6) is -10.2. The zero-order chi connectivity index (χ0) is 56.4. The van der Waals surface area contributed by atoms with E-state index in [-0.39, 0.29) is 62.5 Å². The number of carbonyl (C=O) groups excluding carboxylic acids is 6. The second-order valence-electron chi connectivity index (χ2n) is 18.9. The Labute approximate surface area is 444 Å². The fourth-order valence-electron chi connectivity index (χ4n) is 8.09. The minimum atomic E-state index is -1.89. The van der Waals surface area contributed by atoms with Crippen LogP contribution in [0.5, 0.6) is 11.5 Å². The van der Waals surface area contributed by atoms with Crippen molar-refractivity contribution >= 4 is 59.3 Å². The number of carboxylic acid groups (broad SMARTS) is 3. The molecule has 0 fully saturated rings. The first-order valence-corrected chi connectivity index (χ1v) is 26.3. The van der Waals surface area contributed by atoms with Crippen LogP contribution in [0.2, 0.25) is 0 Å². The number of amides is 6. The predicted octanol–water partition coefficient (Wildman–Crippen LogP) is 3.16. The van der Waals surface area contributed by atoms with Gasteiger partial charge in [-0.05, 0) is 67.5 Å². The third kappa shape index (κ3) is 27.7. The smallest absolute Gasteiger partial charge is 0.326 e. The highest BCUT2D eigenvalue weighted by atomic mass is 16.4. The first-order valence-electron chi connectivity index (χ1n) is 26.3. The highest BCUT2D eigenvalue weighted by Crippen LogP contribution is 2.16. The Morgan fingerprint density at radius 2 is 0.842 bits per heavy atom. The van der Waals surface area contributed by atoms with Gasteiger partial charge in [0, 0.05) is 32.2 Å². The Morgan fingerprint density at radius 3 is 1.29 bits per heavy atom. The van der Waals surface area contributed by atoms with Crippen molar-refractivity contribution in [3.63, 3.8) is 0 Å². The number of rotatable bonds is 40. The third-order valence-corrected chi connectivity index (χ3v) is 12.4. The van der Waals surface area contributed by atoms with E-state index in [4.69, 9.17) is 11.5 Å². The van der Waals surface area contributed by atoms with Gasteiger partial charge >= 0.3 is 17.9 Å². The van der Waals surface area contributed by atoms with Crippen molar-refractivity contribution in [3.8, 4) is 11.5 Å². The SMILES string of the molecule is CCCCCCCCCCCCCC(=O)N[C@@H](CCC(=O)O)C(=O)N[C@@H](CC(=O)O)C(=O)N[C@@H](Cc1ccc(O)cc1)C(=O)N[C@@H](Cc1ccc(O)cc1)C(=O)N[C@@H](CCCN=C(N)N)C(=O)N[C@@H](CCCC)C(=O)O. The van der Waals surface area contributed by atoms with E-state index in [1.807, 2.05) is 6.92 Å². The van der Waals surface area contributed by atoms with Gasteiger partial charge < -0.3 is 68.9 Å². The van der Waals surface area contributed by atoms with E-state index >= 15 is 0 Å². The molecule has 6 amide bonds. The molecule has 76 heavy (non-hydrogen) atoms. The maximum atomic E-state index is 14.5. The van der Waals surface area contributed by atoms with Crippen LogP contribution in [0.3, 0.4) is 0 Å². The number of aliphatic carboxylic acids is 3. The van der Waals surface area contributed by atoms with Crippen molar-refractivity contribution in [2.45, 2.75) is 191 Å². The van der Waals surface area contributed by atoms with E-state index in [1.165, 1.54) is 80.6 Å². The number of phenols is 2. The summed E-state index contributed by atoms with van der Waals surface area (Å²) >= 11 is 0. The van der Waals surface area contributed by atoms with Crippen LogP contribution in [0.4, 0.5) is 0 Å². The molecule has 15 N–H and O–H groups in total. The largest absolute Gasteiger partial charge is 0.508 e. The molecule has 0 radical (unpaired) electrons. The number of carboxylic acids is 3. The molecule has 23 heteroatoms. The average Bonchev–Trinajstić information content (AvgIpc) is 3.36. The molecule has 0 saturated heterocycles. The highest BCUT2D eigenvalue weighted by Gasteiger charge is 2.34. The first-order chi connectivity index (χ1) is 36.2. The van der Waals surface area contributed by atoms with Crippen molar-refractivity contribution in [2.24, 2.45) is 16.5 Å². The number of guanidine groups is 1. The monoisotopic (exact) mass is 1070 g/mol. The van der Waals surface area contributed by atoms with Crippen LogP contribution in [-0.2, 0) is 56.0 Å². The van der Waals surface area contributed by atoms with Gasteiger partial charge in [-0.2, -0.15) is 0 Å². The summed E-state index contributed by atoms with van der Waals surface area (Å²) in [5.41, 5.74) is 11.7. The van der Waals surface area contributed by atoms with Crippen LogP contribution < -0.4 is 43.4 Å². The summed E-state index contributed by atoms with van der Waals surface area (Å²) in [7, 11) is 0. The van der Waals surface area contributed by atoms with E-state index in [1.54, 1.807) is 0 Å². The molecule has 0 aliphatic carbocycles. The molecule has 0 unspecified atom stereocenters. The summed E-state index contributed by atoms with van der Waals surface area (Å²) in [6.07, 6.45) is 10.2. The lowest BCUT2D eigenvalue weighted by Gasteiger charge is -2.27. The van der Waals surface area contributed by atoms with Crippen molar-refractivity contribution in [1.29, 1.82) is 0 Å². The maximum absolute atomic E-state index is 14.5. The number of carbonyl (C=O) groups is 9. The van der Waals surface area contributed by atoms with Crippen LogP contribution in [0, 0.1) is 0 Å². The molecule has 6 atom stereocenters. The molecular weight excluding hydrogens is 987 g/mol. The van der Waals surface area contributed by atoms with Crippen LogP contribution in [0.1, 0.15) is 153 Å². The maximum Gasteiger partial charge on any atom is 0.326 e. The highest BCUT2D eigenvalue weighted by molar-refractivity contribution is 5.98. The standard InChI is InChI=1S/C53H81N9O14/c1-3-5-7-8-9-10-11-12-13-14-15-19-44(65)57-39(28-29-45(66)67)48(71)62-43(33-46(68)69)51(74)61-42(32-35-22-26-37(64)27-23-35)50(73)60-41(31-34-20-24-36(63)25-21-34)49(72)58-38(18-16-30-56-53(54)55)47(70)59-40(52(75)76)17-6-4-2/h20-27,38-43,63-64H,3-19,28-33H2,1-2H3,(H,57,65)(H,58,72)(H,59,70)(H,60,73)(H,61,74)(H,62,71)(H,66,67)(H,68,69)(H,75,76)(H4,54,55,56)/t38-,39-,40-,41-,42-,43-/m0/s1. The molecule has 2 rings (SSSR count). The van der Waals surface area contributed by atoms with Gasteiger partial charge in [0.1, 0.15) is 47.8 Å². The van der Waals surface area contributed by atoms with Crippen molar-refractivity contribution in [2.75, 3.05) is 6.54 Å². The minimum absolute atomic E-state index is 0.0320. The summed E-state index contributed by atoms with van der Waals surface area (Å²) in [5, 5.41) is 64.1. The van der Waals surface area contributed by atoms with E-state index < -0.39 is 109 Å². The number of hydrogen-bond donors (Lipinski definition) is 13. The third-order valence-electron chi connectivity index (χ3n) is 12.4. The molecular formula is C53H81N9O14. The molecule has 0 bridgehead atoms. The van der Waals surface area contributed by atoms with Gasteiger partial charge in [-0.15, -0.1) is 0 Å². The number of nitrogens with zero attached hydrogens (tertiary/aromatic N) is 1. The van der Waals surface area contributed by atoms with Crippen LogP contribution in [-0.4, -0.2) is 128 Å². The Morgan fingerprint density at radius 1 is 0.447 bits per heavy atom. The van der Waals surface area contributed by atoms with Gasteiger partial charge in [-0.3, -0.25) is 43.3 Å². The minimum Gasteiger partial charge on any atom is -0.508 e. The van der Waals surface area contributed by atoms with Gasteiger partial charge in [0.05, 0.1) is 6.42 Å². The topological polar surface area (TPSA) is 391 Å². The van der Waals surface area contributed by atoms with E-state index in [9.17, 15) is 68.7 Å². The lowest BCUT2D eigenvalue weighted by Crippen LogP contribution is -2.60. The zero-order valence-electron chi connectivity index (χ0n) is 43.9. The molecule has 0 saturated carbocycles. The molecule has 2 aromatic carbocycles. The molecule has 0 heterocycles. The summed E-state index contributed by atoms with van der Waals surface area (Å²) in [6.45, 7) is 4.05. The number of phenolic OH excluding ortho intramolecular Hbond substituents is 2. The number of aliphatic imine (C=N–C) groups is 1. The Hall–Kier alpha value is -7.46. The van der Waals surface area contributed by atoms with Crippen molar-refractivity contribution < 1.29 is 68.7 Å². The zero-order valence-corrected chi connectivity index (χ0v) is 43.9. The lowest BCUT2D eigenvalue weighted by atomic mass is 10.0. The number of nitrogens with one attached hydrogen (secondary N) is 6. The van der Waals surface area contributed by atoms with E-state index in [2.05, 4.69) is 43.8 Å². The lowest BCUT2D eigenvalue weighted by molar-refractivity contribution is -0.143. The second kappa shape index (κ2) is 36.5. The fraction of sp³-hybridized carbons (Fsp3) is 0.585. The molecule has 2 aromatic rings. The Bertz CT molecular complexity index is 2190. The molecule has 23 nitrogen and oxygen atoms in total. The molecule has 0 aromatic heterocycles. The number of nitrogens with two attached hydrogens (primary N) is 2. The van der Waals surface area contributed by atoms with Crippen molar-refractivity contribution in [1.82, 2.24) is 31.9 Å². The Balaban J connectivity index is 2.43. The van der Waals surface area contributed by atoms with Crippen molar-refractivity contribution in [3.05, 3.63) is 59.7 Å². The number of hydrogen-bond acceptors (Lipinski definition) is 12. The second-order valence-corrected chi connectivity index (χ2v) is 18.9. The fourth-order valence-corrected chi connectivity index (χ4v) is 8.09. The van der Waals surface area contributed by atoms with Crippen LogP contribution in [0.25, 0.3) is 0 Å². The first kappa shape index (κ1) is 64.7. The molecule has 422 valence electrons. The number of unbranched alkanes of at least 4 members (excludes halogenated alkanes) is 11. The summed E-state index contributed by atoms with van der Waals surface area (Å²) in [4.78, 5) is 123. The number of benzene rings is 2. The van der Waals surface area contributed by atoms with Crippen LogP contribution >= 0.6 is 0 Å². The molecule has 0 spiro atoms. The van der Waals surface area contributed by atoms with Gasteiger partial charge in [-0.1, -0.05) is 115 Å². The molecule has 0 aliphatic heterocycles. The quantitative estimate of drug-likeness (QED) is 0.0259. The van der Waals surface area contributed by atoms with Gasteiger partial charge in [-0.25, -0.2) is 4.79 Å². The number of aromatic hydroxyl groups is 2. The van der Waals surface area contributed by atoms with E-state index in [0.29, 0.717) is 30.4 Å². The van der Waals surface area contributed by atoms with Gasteiger partial charge in [0.2, 0.25) is 35.4 Å². The van der Waals surface area contributed by atoms with Gasteiger partial charge in [0.25, 0.3) is 0 Å². The predicted molar refractivity (Wildman–Crippen MR) is 282 cm³/mol. The summed E-state index contributed by atoms with van der Waals surface area (Å²) in [6, 6.07) is 1.82. The van der Waals surface area contributed by atoms with Crippen LogP contribution in [0.15, 0.2) is 53.5 Å². The average molecular weight is 1070 g/mol. The van der Waals surface area contributed by atoms with Gasteiger partial charge in [0.15, 0.2) is 5.96 Å². The Kier molecular flexibility index (Phi) is 31.0. The van der Waals surface area contributed by atoms with E-state index in [0.717, 1.165) is 32.1 Å². The molecule has 0 aliphatic rings. The normalized spacial score (nSPS) is 13.3. The summed E-state index contributed by atoms with van der Waals surface area (Å²) < 4.78 is 0.